The van der Waals surface area contributed by atoms with E-state index in [0.717, 1.165) is 23.9 Å². The summed E-state index contributed by atoms with van der Waals surface area (Å²) in [6.45, 7) is 0. The Morgan fingerprint density at radius 2 is 2.14 bits per heavy atom. The number of pyridine rings is 1. The van der Waals surface area contributed by atoms with E-state index in [1.807, 2.05) is 24.5 Å². The van der Waals surface area contributed by atoms with Gasteiger partial charge < -0.3 is 10.1 Å². The van der Waals surface area contributed by atoms with E-state index < -0.39 is 5.97 Å². The summed E-state index contributed by atoms with van der Waals surface area (Å²) in [5.74, 6) is 0.0839. The molecule has 2 heterocycles. The molecule has 0 amide bonds. The molecule has 2 aromatic heterocycles. The first kappa shape index (κ1) is 12.4. The Bertz CT molecular complexity index is 831. The highest BCUT2D eigenvalue weighted by atomic mass is 16.4. The minimum atomic E-state index is -0.690. The number of rotatable bonds is 3. The maximum absolute atomic E-state index is 10.8. The van der Waals surface area contributed by atoms with Crippen molar-refractivity contribution in [3.05, 3.63) is 42.2 Å². The lowest BCUT2D eigenvalue weighted by molar-refractivity contribution is -0.138. The first-order chi connectivity index (χ1) is 10.2. The molecule has 1 saturated carbocycles. The molecule has 0 aliphatic heterocycles. The number of nitrogens with zero attached hydrogens (tertiary/aromatic N) is 1. The monoisotopic (exact) mass is 280 g/mol. The quantitative estimate of drug-likeness (QED) is 0.769. The number of aromatic amines is 1. The number of nitrogens with one attached hydrogen (secondary N) is 1. The number of hydrogen-bond donors (Lipinski definition) is 2. The van der Waals surface area contributed by atoms with Crippen molar-refractivity contribution in [2.75, 3.05) is 0 Å². The summed E-state index contributed by atoms with van der Waals surface area (Å²) < 4.78 is 0. The summed E-state index contributed by atoms with van der Waals surface area (Å²) in [6, 6.07) is 8.28. The summed E-state index contributed by atoms with van der Waals surface area (Å²) in [5, 5.41) is 12.4. The molecule has 3 aromatic rings. The van der Waals surface area contributed by atoms with Crippen LogP contribution in [0.1, 0.15) is 30.7 Å². The number of carbonyl (C=O) groups is 1. The fourth-order valence-electron chi connectivity index (χ4n) is 3.51. The molecule has 0 spiro atoms. The third-order valence-electron chi connectivity index (χ3n) is 4.59. The van der Waals surface area contributed by atoms with Gasteiger partial charge in [-0.3, -0.25) is 4.79 Å². The van der Waals surface area contributed by atoms with Crippen LogP contribution in [0.4, 0.5) is 0 Å². The predicted octanol–water partition coefficient (Wildman–Crippen LogP) is 3.68. The molecule has 1 fully saturated rings. The van der Waals surface area contributed by atoms with Crippen LogP contribution in [-0.2, 0) is 4.79 Å². The van der Waals surface area contributed by atoms with Gasteiger partial charge >= 0.3 is 5.97 Å². The van der Waals surface area contributed by atoms with Crippen molar-refractivity contribution in [2.24, 2.45) is 5.92 Å². The van der Waals surface area contributed by atoms with E-state index in [2.05, 4.69) is 22.1 Å². The van der Waals surface area contributed by atoms with Gasteiger partial charge in [0.25, 0.3) is 0 Å². The van der Waals surface area contributed by atoms with Crippen LogP contribution in [0.5, 0.6) is 0 Å². The number of carboxylic acid groups (broad SMARTS) is 1. The molecule has 0 radical (unpaired) electrons. The minimum Gasteiger partial charge on any atom is -0.481 e. The largest absolute Gasteiger partial charge is 0.481 e. The summed E-state index contributed by atoms with van der Waals surface area (Å²) in [7, 11) is 0. The summed E-state index contributed by atoms with van der Waals surface area (Å²) in [4.78, 5) is 18.5. The molecule has 4 nitrogen and oxygen atoms in total. The molecule has 4 rings (SSSR count). The molecule has 0 bridgehead atoms. The van der Waals surface area contributed by atoms with Crippen LogP contribution < -0.4 is 0 Å². The number of hydrogen-bond acceptors (Lipinski definition) is 2. The Kier molecular flexibility index (Phi) is 2.70. The lowest BCUT2D eigenvalue weighted by Crippen LogP contribution is -2.24. The summed E-state index contributed by atoms with van der Waals surface area (Å²) in [6.07, 6.45) is 6.15. The molecular formula is C17H16N2O2. The van der Waals surface area contributed by atoms with E-state index in [1.165, 1.54) is 16.3 Å². The van der Waals surface area contributed by atoms with Crippen molar-refractivity contribution < 1.29 is 9.90 Å². The topological polar surface area (TPSA) is 66.0 Å². The van der Waals surface area contributed by atoms with E-state index in [1.54, 1.807) is 0 Å². The van der Waals surface area contributed by atoms with Crippen LogP contribution in [0, 0.1) is 5.92 Å². The Hall–Kier alpha value is -2.36. The molecule has 106 valence electrons. The second kappa shape index (κ2) is 4.58. The SMILES string of the molecule is O=C(O)CC1CC(c2c[nH]c3ncc4ccccc4c23)C1. The minimum absolute atomic E-state index is 0.290. The van der Waals surface area contributed by atoms with Crippen LogP contribution in [-0.4, -0.2) is 21.0 Å². The first-order valence-corrected chi connectivity index (χ1v) is 7.29. The van der Waals surface area contributed by atoms with E-state index in [9.17, 15) is 4.79 Å². The lowest BCUT2D eigenvalue weighted by Gasteiger charge is -2.34. The molecule has 21 heavy (non-hydrogen) atoms. The average Bonchev–Trinajstić information content (AvgIpc) is 2.86. The summed E-state index contributed by atoms with van der Waals surface area (Å²) >= 11 is 0. The van der Waals surface area contributed by atoms with Crippen LogP contribution in [0.15, 0.2) is 36.7 Å². The Labute approximate surface area is 121 Å². The first-order valence-electron chi connectivity index (χ1n) is 7.29. The van der Waals surface area contributed by atoms with Crippen molar-refractivity contribution in [1.82, 2.24) is 9.97 Å². The van der Waals surface area contributed by atoms with Gasteiger partial charge in [0.05, 0.1) is 0 Å². The third-order valence-corrected chi connectivity index (χ3v) is 4.59. The molecule has 0 saturated heterocycles. The summed E-state index contributed by atoms with van der Waals surface area (Å²) in [5.41, 5.74) is 2.21. The van der Waals surface area contributed by atoms with Crippen LogP contribution >= 0.6 is 0 Å². The van der Waals surface area contributed by atoms with Gasteiger partial charge in [-0.15, -0.1) is 0 Å². The molecule has 0 unspecified atom stereocenters. The van der Waals surface area contributed by atoms with E-state index in [-0.39, 0.29) is 6.42 Å². The van der Waals surface area contributed by atoms with Gasteiger partial charge in [0.2, 0.25) is 0 Å². The molecular weight excluding hydrogens is 264 g/mol. The molecule has 0 atom stereocenters. The normalized spacial score (nSPS) is 21.5. The highest BCUT2D eigenvalue weighted by Gasteiger charge is 2.33. The number of benzene rings is 1. The molecule has 2 N–H and O–H groups in total. The second-order valence-corrected chi connectivity index (χ2v) is 5.95. The molecule has 1 aromatic carbocycles. The Morgan fingerprint density at radius 3 is 2.95 bits per heavy atom. The van der Waals surface area contributed by atoms with Crippen molar-refractivity contribution in [3.8, 4) is 0 Å². The highest BCUT2D eigenvalue weighted by molar-refractivity contribution is 6.06. The predicted molar refractivity (Wildman–Crippen MR) is 81.3 cm³/mol. The van der Waals surface area contributed by atoms with Crippen molar-refractivity contribution in [3.63, 3.8) is 0 Å². The van der Waals surface area contributed by atoms with Gasteiger partial charge in [0.1, 0.15) is 5.65 Å². The van der Waals surface area contributed by atoms with Gasteiger partial charge in [-0.25, -0.2) is 4.98 Å². The molecule has 1 aliphatic rings. The number of H-pyrrole nitrogens is 1. The van der Waals surface area contributed by atoms with Crippen LogP contribution in [0.2, 0.25) is 0 Å². The van der Waals surface area contributed by atoms with Crippen molar-refractivity contribution in [1.29, 1.82) is 0 Å². The number of fused-ring (bicyclic) bond motifs is 3. The fourth-order valence-corrected chi connectivity index (χ4v) is 3.51. The average molecular weight is 280 g/mol. The number of carboxylic acids is 1. The third kappa shape index (κ3) is 1.98. The second-order valence-electron chi connectivity index (χ2n) is 5.95. The number of aromatic nitrogens is 2. The van der Waals surface area contributed by atoms with Gasteiger partial charge in [0, 0.05) is 29.6 Å². The Morgan fingerprint density at radius 1 is 1.33 bits per heavy atom. The van der Waals surface area contributed by atoms with E-state index in [4.69, 9.17) is 5.11 Å². The highest BCUT2D eigenvalue weighted by Crippen LogP contribution is 2.46. The zero-order valence-corrected chi connectivity index (χ0v) is 11.5. The van der Waals surface area contributed by atoms with Crippen LogP contribution in [0.3, 0.4) is 0 Å². The lowest BCUT2D eigenvalue weighted by atomic mass is 9.70. The van der Waals surface area contributed by atoms with Crippen molar-refractivity contribution >= 4 is 27.8 Å². The van der Waals surface area contributed by atoms with Gasteiger partial charge in [-0.1, -0.05) is 24.3 Å². The molecule has 1 aliphatic carbocycles. The van der Waals surface area contributed by atoms with Gasteiger partial charge in [-0.2, -0.15) is 0 Å². The van der Waals surface area contributed by atoms with E-state index >= 15 is 0 Å². The smallest absolute Gasteiger partial charge is 0.303 e. The van der Waals surface area contributed by atoms with Crippen molar-refractivity contribution in [2.45, 2.75) is 25.2 Å². The van der Waals surface area contributed by atoms with Gasteiger partial charge in [0.15, 0.2) is 0 Å². The zero-order chi connectivity index (χ0) is 14.4. The van der Waals surface area contributed by atoms with Crippen LogP contribution in [0.25, 0.3) is 21.8 Å². The number of aliphatic carboxylic acids is 1. The van der Waals surface area contributed by atoms with E-state index in [0.29, 0.717) is 11.8 Å². The molecule has 4 heteroatoms. The maximum Gasteiger partial charge on any atom is 0.303 e. The Balaban J connectivity index is 1.74. The zero-order valence-electron chi connectivity index (χ0n) is 11.5. The van der Waals surface area contributed by atoms with Gasteiger partial charge in [-0.05, 0) is 35.6 Å². The maximum atomic E-state index is 10.8. The fraction of sp³-hybridized carbons (Fsp3) is 0.294. The standard InChI is InChI=1S/C17H16N2O2/c20-15(21)7-10-5-12(6-10)14-9-19-17-16(14)13-4-2-1-3-11(13)8-18-17/h1-4,8-10,12H,5-7H2,(H,18,19)(H,20,21).